The number of nitrogens with two attached hydrogens (primary N) is 1. The molecule has 0 aliphatic heterocycles. The largest absolute Gasteiger partial charge is 0.480 e. The highest BCUT2D eigenvalue weighted by Crippen LogP contribution is 2.10. The number of hydrogen-bond acceptors (Lipinski definition) is 8. The predicted octanol–water partition coefficient (Wildman–Crippen LogP) is -2.76. The van der Waals surface area contributed by atoms with Crippen molar-refractivity contribution >= 4 is 23.7 Å². The van der Waals surface area contributed by atoms with Gasteiger partial charge in [-0.05, 0) is 12.8 Å². The van der Waals surface area contributed by atoms with Crippen LogP contribution in [0.25, 0.3) is 0 Å². The molecule has 13 nitrogen and oxygen atoms in total. The monoisotopic (exact) mass is 456 g/mol. The van der Waals surface area contributed by atoms with E-state index in [0.29, 0.717) is 12.1 Å². The molecule has 1 aromatic rings. The van der Waals surface area contributed by atoms with Gasteiger partial charge >= 0.3 is 5.97 Å². The van der Waals surface area contributed by atoms with Gasteiger partial charge in [0.1, 0.15) is 18.1 Å². The zero-order chi connectivity index (χ0) is 24.4. The van der Waals surface area contributed by atoms with Crippen LogP contribution < -0.4 is 21.7 Å². The zero-order valence-electron chi connectivity index (χ0n) is 18.2. The van der Waals surface area contributed by atoms with Gasteiger partial charge in [-0.15, -0.1) is 0 Å². The van der Waals surface area contributed by atoms with Crippen molar-refractivity contribution in [3.8, 4) is 0 Å². The van der Waals surface area contributed by atoms with Crippen LogP contribution in [0.2, 0.25) is 0 Å². The average Bonchev–Trinajstić information content (AvgIpc) is 3.25. The van der Waals surface area contributed by atoms with Crippen molar-refractivity contribution in [2.45, 2.75) is 63.9 Å². The fourth-order valence-electron chi connectivity index (χ4n) is 2.78. The molecular weight excluding hydrogens is 424 g/mol. The van der Waals surface area contributed by atoms with Crippen molar-refractivity contribution in [3.05, 3.63) is 18.2 Å². The Morgan fingerprint density at radius 2 is 1.69 bits per heavy atom. The van der Waals surface area contributed by atoms with E-state index in [4.69, 9.17) is 15.9 Å². The lowest BCUT2D eigenvalue weighted by atomic mass is 9.97. The maximum Gasteiger partial charge on any atom is 0.328 e. The van der Waals surface area contributed by atoms with Gasteiger partial charge in [0.15, 0.2) is 0 Å². The summed E-state index contributed by atoms with van der Waals surface area (Å²) in [6, 6.07) is -5.15. The highest BCUT2D eigenvalue weighted by atomic mass is 16.4. The first-order valence-electron chi connectivity index (χ1n) is 10.2. The minimum Gasteiger partial charge on any atom is -0.480 e. The normalized spacial score (nSPS) is 16.7. The number of amides is 3. The first-order valence-corrected chi connectivity index (χ1v) is 10.2. The molecule has 180 valence electrons. The van der Waals surface area contributed by atoms with Gasteiger partial charge in [0.05, 0.1) is 25.1 Å². The van der Waals surface area contributed by atoms with Gasteiger partial charge in [0, 0.05) is 18.3 Å². The number of nitrogens with zero attached hydrogens (tertiary/aromatic N) is 1. The molecule has 0 fully saturated rings. The van der Waals surface area contributed by atoms with Gasteiger partial charge in [-0.25, -0.2) is 9.78 Å². The quantitative estimate of drug-likeness (QED) is 0.154. The molecule has 13 heteroatoms. The van der Waals surface area contributed by atoms with Crippen molar-refractivity contribution in [2.75, 3.05) is 6.61 Å². The molecule has 1 aromatic heterocycles. The zero-order valence-corrected chi connectivity index (χ0v) is 18.2. The number of carboxylic acids is 1. The average molecular weight is 457 g/mol. The summed E-state index contributed by atoms with van der Waals surface area (Å²) in [6.07, 6.45) is 2.18. The lowest BCUT2D eigenvalue weighted by Crippen LogP contribution is -2.61. The van der Waals surface area contributed by atoms with Crippen LogP contribution in [0.4, 0.5) is 0 Å². The number of aliphatic hydroxyl groups is 2. The standard InChI is InChI=1S/C19H32N6O7/c1-4-9(2)14(17(29)23-13(7-26)19(31)32)24-18(30)15(10(3)27)25-16(28)12(20)5-11-6-21-8-22-11/h6,8-10,12-15,26-27H,4-5,7,20H2,1-3H3,(H,21,22)(H,23,29)(H,24,30)(H,25,28)(H,31,32). The highest BCUT2D eigenvalue weighted by molar-refractivity contribution is 5.94. The molecule has 0 saturated carbocycles. The number of carboxylic acid groups (broad SMARTS) is 1. The molecule has 3 amide bonds. The number of aromatic nitrogens is 2. The first-order chi connectivity index (χ1) is 15.0. The number of rotatable bonds is 13. The van der Waals surface area contributed by atoms with Crippen molar-refractivity contribution < 1.29 is 34.5 Å². The molecule has 0 bridgehead atoms. The second-order valence-corrected chi connectivity index (χ2v) is 7.57. The van der Waals surface area contributed by atoms with Gasteiger partial charge in [0.25, 0.3) is 0 Å². The summed E-state index contributed by atoms with van der Waals surface area (Å²) in [7, 11) is 0. The maximum atomic E-state index is 12.8. The minimum atomic E-state index is -1.54. The summed E-state index contributed by atoms with van der Waals surface area (Å²) >= 11 is 0. The summed E-state index contributed by atoms with van der Waals surface area (Å²) in [5.41, 5.74) is 6.47. The molecule has 1 heterocycles. The lowest BCUT2D eigenvalue weighted by Gasteiger charge is -2.28. The lowest BCUT2D eigenvalue weighted by molar-refractivity contribution is -0.143. The van der Waals surface area contributed by atoms with E-state index in [1.54, 1.807) is 13.8 Å². The molecule has 0 spiro atoms. The first kappa shape index (κ1) is 27.0. The summed E-state index contributed by atoms with van der Waals surface area (Å²) in [5.74, 6) is -4.22. The number of carbonyl (C=O) groups is 4. The molecular formula is C19H32N6O7. The van der Waals surface area contributed by atoms with Gasteiger partial charge in [0.2, 0.25) is 17.7 Å². The Morgan fingerprint density at radius 1 is 1.09 bits per heavy atom. The topological polar surface area (TPSA) is 220 Å². The van der Waals surface area contributed by atoms with Crippen LogP contribution >= 0.6 is 0 Å². The van der Waals surface area contributed by atoms with Crippen molar-refractivity contribution in [1.29, 1.82) is 0 Å². The Bertz CT molecular complexity index is 770. The van der Waals surface area contributed by atoms with Crippen LogP contribution in [0.3, 0.4) is 0 Å². The van der Waals surface area contributed by atoms with E-state index < -0.39 is 66.5 Å². The molecule has 0 radical (unpaired) electrons. The number of aliphatic hydroxyl groups excluding tert-OH is 2. The smallest absolute Gasteiger partial charge is 0.328 e. The minimum absolute atomic E-state index is 0.121. The SMILES string of the molecule is CCC(C)C(NC(=O)C(NC(=O)C(N)Cc1cnc[nH]1)C(C)O)C(=O)NC(CO)C(=O)O. The van der Waals surface area contributed by atoms with Crippen molar-refractivity contribution in [3.63, 3.8) is 0 Å². The van der Waals surface area contributed by atoms with Crippen LogP contribution in [0.1, 0.15) is 32.9 Å². The summed E-state index contributed by atoms with van der Waals surface area (Å²) in [5, 5.41) is 35.2. The number of carbonyl (C=O) groups excluding carboxylic acids is 3. The Balaban J connectivity index is 2.89. The van der Waals surface area contributed by atoms with Crippen LogP contribution in [0, 0.1) is 5.92 Å². The Hall–Kier alpha value is -3.03. The maximum absolute atomic E-state index is 12.8. The third kappa shape index (κ3) is 7.90. The number of H-pyrrole nitrogens is 1. The van der Waals surface area contributed by atoms with Crippen LogP contribution in [-0.4, -0.2) is 85.9 Å². The Morgan fingerprint density at radius 3 is 2.16 bits per heavy atom. The van der Waals surface area contributed by atoms with Crippen molar-refractivity contribution in [2.24, 2.45) is 11.7 Å². The van der Waals surface area contributed by atoms with Gasteiger partial charge in [-0.3, -0.25) is 14.4 Å². The highest BCUT2D eigenvalue weighted by Gasteiger charge is 2.34. The second kappa shape index (κ2) is 12.7. The van der Waals surface area contributed by atoms with Crippen molar-refractivity contribution in [1.82, 2.24) is 25.9 Å². The predicted molar refractivity (Wildman–Crippen MR) is 112 cm³/mol. The summed E-state index contributed by atoms with van der Waals surface area (Å²) < 4.78 is 0. The van der Waals surface area contributed by atoms with E-state index in [1.165, 1.54) is 19.4 Å². The van der Waals surface area contributed by atoms with Crippen LogP contribution in [0.5, 0.6) is 0 Å². The van der Waals surface area contributed by atoms with E-state index in [9.17, 15) is 24.3 Å². The molecule has 6 atom stereocenters. The van der Waals surface area contributed by atoms with E-state index in [2.05, 4.69) is 25.9 Å². The number of aliphatic carboxylic acids is 1. The number of aromatic amines is 1. The second-order valence-electron chi connectivity index (χ2n) is 7.57. The van der Waals surface area contributed by atoms with E-state index >= 15 is 0 Å². The summed E-state index contributed by atoms with van der Waals surface area (Å²) in [6.45, 7) is 3.88. The molecule has 0 aliphatic rings. The van der Waals surface area contributed by atoms with Gasteiger partial charge in [-0.2, -0.15) is 0 Å². The molecule has 0 aromatic carbocycles. The summed E-state index contributed by atoms with van der Waals surface area (Å²) in [4.78, 5) is 55.5. The number of nitrogens with one attached hydrogen (secondary N) is 4. The Kier molecular flexibility index (Phi) is 10.7. The van der Waals surface area contributed by atoms with E-state index in [-0.39, 0.29) is 6.42 Å². The third-order valence-corrected chi connectivity index (χ3v) is 4.98. The third-order valence-electron chi connectivity index (χ3n) is 4.98. The fraction of sp³-hybridized carbons (Fsp3) is 0.632. The molecule has 0 saturated heterocycles. The number of imidazole rings is 1. The molecule has 1 rings (SSSR count). The van der Waals surface area contributed by atoms with Gasteiger partial charge < -0.3 is 42.0 Å². The fourth-order valence-corrected chi connectivity index (χ4v) is 2.78. The van der Waals surface area contributed by atoms with Crippen LogP contribution in [-0.2, 0) is 25.6 Å². The van der Waals surface area contributed by atoms with Gasteiger partial charge in [-0.1, -0.05) is 20.3 Å². The Labute approximate surface area is 185 Å². The molecule has 32 heavy (non-hydrogen) atoms. The van der Waals surface area contributed by atoms with Crippen LogP contribution in [0.15, 0.2) is 12.5 Å². The van der Waals surface area contributed by atoms with E-state index in [1.807, 2.05) is 0 Å². The molecule has 0 aliphatic carbocycles. The number of hydrogen-bond donors (Lipinski definition) is 8. The molecule has 9 N–H and O–H groups in total. The van der Waals surface area contributed by atoms with E-state index in [0.717, 1.165) is 0 Å². The molecule has 6 unspecified atom stereocenters.